The fraction of sp³-hybridized carbons (Fsp3) is 0.275. The Morgan fingerprint density at radius 3 is 2.49 bits per heavy atom. The molecule has 4 heterocycles. The quantitative estimate of drug-likeness (QED) is 0.0813. The molecule has 1 N–H and O–H groups in total. The van der Waals surface area contributed by atoms with Crippen molar-refractivity contribution in [2.24, 2.45) is 36.1 Å². The van der Waals surface area contributed by atoms with Crippen LogP contribution in [-0.4, -0.2) is 43.4 Å². The molecule has 0 bridgehead atoms. The van der Waals surface area contributed by atoms with Crippen molar-refractivity contribution in [1.82, 2.24) is 9.78 Å². The van der Waals surface area contributed by atoms with Gasteiger partial charge in [-0.25, -0.2) is 9.80 Å². The van der Waals surface area contributed by atoms with Crippen LogP contribution < -0.4 is 9.80 Å². The highest BCUT2D eigenvalue weighted by atomic mass is 35.5. The first-order valence-electron chi connectivity index (χ1n) is 17.6. The number of benzene rings is 3. The number of aromatic nitrogens is 2. The van der Waals surface area contributed by atoms with Gasteiger partial charge in [-0.15, -0.1) is 11.3 Å². The summed E-state index contributed by atoms with van der Waals surface area (Å²) in [6.45, 7) is 3.73. The maximum atomic E-state index is 15.1. The minimum absolute atomic E-state index is 0.0821. The summed E-state index contributed by atoms with van der Waals surface area (Å²) < 4.78 is 2.53. The van der Waals surface area contributed by atoms with Gasteiger partial charge in [0.2, 0.25) is 23.6 Å². The zero-order valence-corrected chi connectivity index (χ0v) is 31.9. The molecule has 55 heavy (non-hydrogen) atoms. The number of halogens is 2. The monoisotopic (exact) mass is 795 g/mol. The van der Waals surface area contributed by atoms with Gasteiger partial charge in [0.05, 0.1) is 38.7 Å². The molecule has 0 unspecified atom stereocenters. The number of imide groups is 2. The van der Waals surface area contributed by atoms with E-state index in [9.17, 15) is 29.6 Å². The number of aryl methyl sites for hydroxylation is 2. The van der Waals surface area contributed by atoms with E-state index in [4.69, 9.17) is 28.3 Å². The van der Waals surface area contributed by atoms with Gasteiger partial charge < -0.3 is 5.11 Å². The summed E-state index contributed by atoms with van der Waals surface area (Å²) >= 11 is 14.7. The molecule has 3 aromatic carbocycles. The van der Waals surface area contributed by atoms with Crippen LogP contribution in [-0.2, 0) is 26.2 Å². The number of carbonyl (C=O) groups is 4. The van der Waals surface area contributed by atoms with Crippen LogP contribution in [0.4, 0.5) is 17.2 Å². The Morgan fingerprint density at radius 1 is 0.964 bits per heavy atom. The Balaban J connectivity index is 1.15. The first-order chi connectivity index (χ1) is 26.2. The number of allylic oxidation sites excluding steroid dienone is 2. The number of amides is 4. The van der Waals surface area contributed by atoms with Crippen LogP contribution in [0.15, 0.2) is 78.4 Å². The molecule has 1 saturated carbocycles. The van der Waals surface area contributed by atoms with Crippen molar-refractivity contribution in [3.05, 3.63) is 110 Å². The summed E-state index contributed by atoms with van der Waals surface area (Å²) in [5, 5.41) is 28.4. The smallest absolute Gasteiger partial charge is 0.271 e. The maximum absolute atomic E-state index is 15.1. The number of hydrogen-bond acceptors (Lipinski definition) is 9. The Kier molecular flexibility index (Phi) is 7.92. The Hall–Kier alpha value is -5.37. The second-order valence-electron chi connectivity index (χ2n) is 14.9. The largest absolute Gasteiger partial charge is 0.508 e. The fourth-order valence-electron chi connectivity index (χ4n) is 9.54. The summed E-state index contributed by atoms with van der Waals surface area (Å²) in [6.07, 6.45) is 2.16. The molecule has 9 rings (SSSR count). The predicted octanol–water partition coefficient (Wildman–Crippen LogP) is 7.97. The van der Waals surface area contributed by atoms with Gasteiger partial charge in [0.1, 0.15) is 17.3 Å². The SMILES string of the molecule is Cc1c(-c2cc(N3C(=O)[C@@H]4C[C@@H]5C(=CC[C@@H]6C(=O)N(c7cccc([N+](=O)[O-])c7)C(=O)[C@@H]65)[C@H](c5ccc(O)cc5Cl)[C@]4(C)C3=O)n(C)n2)sc2ccc(Cl)cc12. The normalized spacial score (nSPS) is 26.1. The number of nitro benzene ring substituents is 1. The van der Waals surface area contributed by atoms with Crippen LogP contribution in [0.5, 0.6) is 5.75 Å². The van der Waals surface area contributed by atoms with Gasteiger partial charge in [0, 0.05) is 45.9 Å². The highest BCUT2D eigenvalue weighted by molar-refractivity contribution is 7.22. The number of anilines is 2. The van der Waals surface area contributed by atoms with E-state index in [1.165, 1.54) is 57.3 Å². The Labute approximate surface area is 327 Å². The van der Waals surface area contributed by atoms with E-state index in [2.05, 4.69) is 0 Å². The van der Waals surface area contributed by atoms with E-state index in [1.54, 1.807) is 26.1 Å². The third-order valence-corrected chi connectivity index (χ3v) is 13.9. The summed E-state index contributed by atoms with van der Waals surface area (Å²) in [5.41, 5.74) is 1.22. The average Bonchev–Trinajstić information content (AvgIpc) is 3.82. The molecule has 2 aliphatic heterocycles. The zero-order chi connectivity index (χ0) is 38.8. The molecule has 2 aromatic heterocycles. The van der Waals surface area contributed by atoms with Crippen molar-refractivity contribution >= 4 is 85.4 Å². The lowest BCUT2D eigenvalue weighted by Crippen LogP contribution is -2.49. The minimum Gasteiger partial charge on any atom is -0.508 e. The molecule has 5 aromatic rings. The summed E-state index contributed by atoms with van der Waals surface area (Å²) in [4.78, 5) is 72.4. The third kappa shape index (κ3) is 4.99. The number of non-ortho nitro benzene ring substituents is 1. The number of thiophene rings is 1. The van der Waals surface area contributed by atoms with Crippen LogP contribution >= 0.6 is 34.5 Å². The van der Waals surface area contributed by atoms with Gasteiger partial charge in [-0.05, 0) is 85.5 Å². The van der Waals surface area contributed by atoms with E-state index in [-0.39, 0.29) is 40.8 Å². The van der Waals surface area contributed by atoms with E-state index in [1.807, 2.05) is 31.2 Å². The summed E-state index contributed by atoms with van der Waals surface area (Å²) in [5.74, 6) is -5.76. The highest BCUT2D eigenvalue weighted by Crippen LogP contribution is 2.64. The van der Waals surface area contributed by atoms with Gasteiger partial charge in [-0.2, -0.15) is 5.10 Å². The number of fused-ring (bicyclic) bond motifs is 5. The second-order valence-corrected chi connectivity index (χ2v) is 16.8. The number of nitro groups is 1. The number of aromatic hydroxyl groups is 1. The average molecular weight is 797 g/mol. The first kappa shape index (κ1) is 35.3. The molecular formula is C40H31Cl2N5O7S. The Bertz CT molecular complexity index is 2620. The van der Waals surface area contributed by atoms with Crippen molar-refractivity contribution < 1.29 is 29.2 Å². The van der Waals surface area contributed by atoms with E-state index >= 15 is 4.79 Å². The Morgan fingerprint density at radius 2 is 1.75 bits per heavy atom. The number of rotatable bonds is 5. The van der Waals surface area contributed by atoms with E-state index in [0.29, 0.717) is 21.9 Å². The number of phenols is 1. The molecule has 0 spiro atoms. The topological polar surface area (TPSA) is 156 Å². The lowest BCUT2D eigenvalue weighted by atomic mass is 9.51. The van der Waals surface area contributed by atoms with Crippen molar-refractivity contribution in [2.45, 2.75) is 32.6 Å². The van der Waals surface area contributed by atoms with E-state index in [0.717, 1.165) is 25.4 Å². The van der Waals surface area contributed by atoms with Gasteiger partial charge in [0.15, 0.2) is 0 Å². The molecule has 2 aliphatic carbocycles. The predicted molar refractivity (Wildman–Crippen MR) is 207 cm³/mol. The van der Waals surface area contributed by atoms with Crippen LogP contribution in [0, 0.1) is 46.1 Å². The fourth-order valence-corrected chi connectivity index (χ4v) is 11.1. The maximum Gasteiger partial charge on any atom is 0.271 e. The summed E-state index contributed by atoms with van der Waals surface area (Å²) in [6, 6.07) is 17.3. The molecule has 4 aliphatic rings. The third-order valence-electron chi connectivity index (χ3n) is 12.1. The van der Waals surface area contributed by atoms with Gasteiger partial charge >= 0.3 is 0 Å². The lowest BCUT2D eigenvalue weighted by molar-refractivity contribution is -0.384. The standard InChI is InChI=1S/C40H31Cl2N5O7S/c1-18-26-13-19(41)7-12-31(26)55-35(18)30-17-32(44(3)43-30)46-37(50)28-16-27-23(34(40(28,2)39(46)52)24-9-8-22(48)15-29(24)42)10-11-25-33(27)38(51)45(36(25)49)20-5-4-6-21(14-20)47(53)54/h4-10,12-15,17,25,27-28,33-34,48H,11,16H2,1-3H3/t25-,27+,28-,33-,34+,40+/m0/s1. The lowest BCUT2D eigenvalue weighted by Gasteiger charge is -2.49. The molecule has 2 saturated heterocycles. The van der Waals surface area contributed by atoms with Gasteiger partial charge in [-0.1, -0.05) is 47.0 Å². The van der Waals surface area contributed by atoms with Crippen LogP contribution in [0.1, 0.15) is 36.8 Å². The zero-order valence-electron chi connectivity index (χ0n) is 29.5. The first-order valence-corrected chi connectivity index (χ1v) is 19.2. The van der Waals surface area contributed by atoms with Crippen molar-refractivity contribution in [3.8, 4) is 16.3 Å². The molecular weight excluding hydrogens is 765 g/mol. The van der Waals surface area contributed by atoms with Crippen molar-refractivity contribution in [2.75, 3.05) is 9.80 Å². The molecule has 4 amide bonds. The highest BCUT2D eigenvalue weighted by Gasteiger charge is 2.68. The van der Waals surface area contributed by atoms with Crippen molar-refractivity contribution in [3.63, 3.8) is 0 Å². The molecule has 3 fully saturated rings. The summed E-state index contributed by atoms with van der Waals surface area (Å²) in [7, 11) is 1.68. The molecule has 6 atom stereocenters. The van der Waals surface area contributed by atoms with Crippen molar-refractivity contribution in [1.29, 1.82) is 0 Å². The number of nitrogens with zero attached hydrogens (tertiary/aromatic N) is 5. The van der Waals surface area contributed by atoms with Crippen LogP contribution in [0.2, 0.25) is 10.0 Å². The van der Waals surface area contributed by atoms with E-state index < -0.39 is 63.6 Å². The molecule has 15 heteroatoms. The molecule has 12 nitrogen and oxygen atoms in total. The minimum atomic E-state index is -1.38. The second kappa shape index (κ2) is 12.3. The number of hydrogen-bond donors (Lipinski definition) is 1. The number of carbonyl (C=O) groups excluding carboxylic acids is 4. The van der Waals surface area contributed by atoms with Gasteiger partial charge in [0.25, 0.3) is 5.69 Å². The molecule has 0 radical (unpaired) electrons. The van der Waals surface area contributed by atoms with Crippen LogP contribution in [0.25, 0.3) is 20.7 Å². The number of phenolic OH excluding ortho intramolecular Hbond substituents is 1. The van der Waals surface area contributed by atoms with Crippen LogP contribution in [0.3, 0.4) is 0 Å². The van der Waals surface area contributed by atoms with Gasteiger partial charge in [-0.3, -0.25) is 34.0 Å². The molecule has 278 valence electrons.